The second kappa shape index (κ2) is 6.45. The van der Waals surface area contributed by atoms with Gasteiger partial charge in [0.2, 0.25) is 0 Å². The number of primary amides is 1. The summed E-state index contributed by atoms with van der Waals surface area (Å²) in [6.07, 6.45) is -0.227. The number of amides is 2. The number of carbonyl (C=O) groups is 1. The summed E-state index contributed by atoms with van der Waals surface area (Å²) in [4.78, 5) is 11.2. The first-order valence-electron chi connectivity index (χ1n) is 5.49. The van der Waals surface area contributed by atoms with Crippen LogP contribution in [0, 0.1) is 0 Å². The Kier molecular flexibility index (Phi) is 5.31. The van der Waals surface area contributed by atoms with Gasteiger partial charge in [0.15, 0.2) is 0 Å². The first-order valence-corrected chi connectivity index (χ1v) is 8.25. The minimum atomic E-state index is -5.02. The van der Waals surface area contributed by atoms with Gasteiger partial charge in [-0.25, -0.2) is 8.98 Å². The lowest BCUT2D eigenvalue weighted by Gasteiger charge is -2.20. The molecular formula is C9H13N3O8S2. The average molecular weight is 355 g/mol. The third-order valence-corrected chi connectivity index (χ3v) is 3.67. The molecule has 0 unspecified atom stereocenters. The summed E-state index contributed by atoms with van der Waals surface area (Å²) in [5.74, 6) is 0. The van der Waals surface area contributed by atoms with E-state index in [-0.39, 0.29) is 27.7 Å². The van der Waals surface area contributed by atoms with E-state index in [1.54, 1.807) is 0 Å². The molecule has 0 atom stereocenters. The number of rotatable bonds is 6. The number of anilines is 2. The molecule has 0 saturated heterocycles. The van der Waals surface area contributed by atoms with Crippen LogP contribution in [0.15, 0.2) is 18.2 Å². The van der Waals surface area contributed by atoms with Gasteiger partial charge in [0.1, 0.15) is 0 Å². The van der Waals surface area contributed by atoms with E-state index in [4.69, 9.17) is 20.6 Å². The maximum Gasteiger partial charge on any atom is 0.397 e. The van der Waals surface area contributed by atoms with Gasteiger partial charge in [-0.3, -0.25) is 9.11 Å². The molecule has 1 rings (SSSR count). The summed E-state index contributed by atoms with van der Waals surface area (Å²) in [7, 11) is -9.69. The van der Waals surface area contributed by atoms with Crippen molar-refractivity contribution in [2.75, 3.05) is 16.6 Å². The van der Waals surface area contributed by atoms with Gasteiger partial charge in [0.25, 0.3) is 0 Å². The molecule has 2 amide bonds. The summed E-state index contributed by atoms with van der Waals surface area (Å²) in [5.41, 5.74) is 10.2. The monoisotopic (exact) mass is 355 g/mol. The number of urea groups is 1. The van der Waals surface area contributed by atoms with Gasteiger partial charge in [0, 0.05) is 5.69 Å². The molecule has 22 heavy (non-hydrogen) atoms. The van der Waals surface area contributed by atoms with Crippen LogP contribution in [0.1, 0.15) is 5.56 Å². The van der Waals surface area contributed by atoms with E-state index in [2.05, 4.69) is 4.18 Å². The van der Waals surface area contributed by atoms with E-state index in [0.29, 0.717) is 0 Å². The lowest BCUT2D eigenvalue weighted by Crippen LogP contribution is -2.41. The molecule has 0 saturated carbocycles. The van der Waals surface area contributed by atoms with Crippen molar-refractivity contribution in [2.24, 2.45) is 5.73 Å². The Balaban J connectivity index is 3.22. The lowest BCUT2D eigenvalue weighted by molar-refractivity contribution is 0.256. The Bertz CT molecular complexity index is 774. The molecule has 13 heteroatoms. The van der Waals surface area contributed by atoms with Gasteiger partial charge in [-0.05, 0) is 24.1 Å². The number of nitrogens with zero attached hydrogens (tertiary/aromatic N) is 1. The SMILES string of the molecule is NC(=O)N(c1cc(N)ccc1CCOS(=O)(=O)O)S(=O)(=O)O. The largest absolute Gasteiger partial charge is 0.399 e. The van der Waals surface area contributed by atoms with Crippen molar-refractivity contribution in [2.45, 2.75) is 6.42 Å². The van der Waals surface area contributed by atoms with Crippen molar-refractivity contribution >= 4 is 38.1 Å². The Morgan fingerprint density at radius 2 is 1.82 bits per heavy atom. The number of nitrogen functional groups attached to an aromatic ring is 1. The number of hydrogen-bond acceptors (Lipinski definition) is 7. The quantitative estimate of drug-likeness (QED) is 0.378. The zero-order valence-corrected chi connectivity index (χ0v) is 12.5. The molecular weight excluding hydrogens is 342 g/mol. The molecule has 11 nitrogen and oxygen atoms in total. The molecule has 0 spiro atoms. The fourth-order valence-corrected chi connectivity index (χ4v) is 2.53. The van der Waals surface area contributed by atoms with Crippen LogP contribution in [0.4, 0.5) is 16.2 Å². The molecule has 1 aromatic carbocycles. The molecule has 0 aliphatic carbocycles. The molecule has 124 valence electrons. The van der Waals surface area contributed by atoms with Crippen molar-refractivity contribution < 1.29 is 34.9 Å². The lowest BCUT2D eigenvalue weighted by atomic mass is 10.1. The highest BCUT2D eigenvalue weighted by molar-refractivity contribution is 7.88. The maximum atomic E-state index is 11.2. The van der Waals surface area contributed by atoms with Gasteiger partial charge < -0.3 is 11.5 Å². The van der Waals surface area contributed by atoms with Crippen LogP contribution in [0.3, 0.4) is 0 Å². The van der Waals surface area contributed by atoms with Crippen molar-refractivity contribution in [3.8, 4) is 0 Å². The first kappa shape index (κ1) is 18.1. The molecule has 0 aromatic heterocycles. The number of nitrogens with two attached hydrogens (primary N) is 2. The number of hydrogen-bond donors (Lipinski definition) is 4. The van der Waals surface area contributed by atoms with Gasteiger partial charge in [-0.15, -0.1) is 0 Å². The van der Waals surface area contributed by atoms with Crippen LogP contribution in [0.5, 0.6) is 0 Å². The predicted octanol–water partition coefficient (Wildman–Crippen LogP) is -0.681. The minimum absolute atomic E-state index is 0.0596. The smallest absolute Gasteiger partial charge is 0.397 e. The molecule has 0 aliphatic rings. The maximum absolute atomic E-state index is 11.2. The van der Waals surface area contributed by atoms with E-state index < -0.39 is 33.3 Å². The van der Waals surface area contributed by atoms with E-state index >= 15 is 0 Å². The van der Waals surface area contributed by atoms with Crippen LogP contribution in [0.25, 0.3) is 0 Å². The normalized spacial score (nSPS) is 12.1. The van der Waals surface area contributed by atoms with Crippen LogP contribution >= 0.6 is 0 Å². The Morgan fingerprint density at radius 1 is 1.23 bits per heavy atom. The van der Waals surface area contributed by atoms with E-state index in [1.807, 2.05) is 0 Å². The van der Waals surface area contributed by atoms with Crippen LogP contribution in [-0.2, 0) is 31.3 Å². The minimum Gasteiger partial charge on any atom is -0.399 e. The van der Waals surface area contributed by atoms with Crippen molar-refractivity contribution in [3.63, 3.8) is 0 Å². The van der Waals surface area contributed by atoms with E-state index in [1.165, 1.54) is 12.1 Å². The Hall–Kier alpha value is -1.93. The van der Waals surface area contributed by atoms with Gasteiger partial charge in [-0.2, -0.15) is 21.1 Å². The molecule has 6 N–H and O–H groups in total. The van der Waals surface area contributed by atoms with Gasteiger partial charge in [-0.1, -0.05) is 6.07 Å². The van der Waals surface area contributed by atoms with Gasteiger partial charge >= 0.3 is 26.7 Å². The van der Waals surface area contributed by atoms with Crippen molar-refractivity contribution in [1.82, 2.24) is 0 Å². The van der Waals surface area contributed by atoms with E-state index in [9.17, 15) is 21.6 Å². The second-order valence-electron chi connectivity index (χ2n) is 3.97. The first-order chi connectivity index (χ1) is 9.92. The third kappa shape index (κ3) is 5.12. The zero-order valence-electron chi connectivity index (χ0n) is 10.9. The summed E-state index contributed by atoms with van der Waals surface area (Å²) in [6.45, 7) is -0.548. The highest BCUT2D eigenvalue weighted by Gasteiger charge is 2.27. The zero-order chi connectivity index (χ0) is 17.1. The van der Waals surface area contributed by atoms with E-state index in [0.717, 1.165) is 6.07 Å². The molecule has 0 radical (unpaired) electrons. The summed E-state index contributed by atoms with van der Waals surface area (Å²) in [6, 6.07) is 2.17. The van der Waals surface area contributed by atoms with Crippen molar-refractivity contribution in [1.29, 1.82) is 0 Å². The number of benzene rings is 1. The highest BCUT2D eigenvalue weighted by atomic mass is 32.3. The van der Waals surface area contributed by atoms with Gasteiger partial charge in [0.05, 0.1) is 12.3 Å². The average Bonchev–Trinajstić information content (AvgIpc) is 2.28. The van der Waals surface area contributed by atoms with Crippen LogP contribution in [0.2, 0.25) is 0 Å². The van der Waals surface area contributed by atoms with Crippen LogP contribution in [-0.4, -0.2) is 38.6 Å². The summed E-state index contributed by atoms with van der Waals surface area (Å²) < 4.78 is 64.9. The Labute approximate surface area is 126 Å². The second-order valence-corrected chi connectivity index (χ2v) is 6.32. The predicted molar refractivity (Wildman–Crippen MR) is 75.7 cm³/mol. The molecule has 0 bridgehead atoms. The number of carbonyl (C=O) groups excluding carboxylic acids is 1. The topological polar surface area (TPSA) is 190 Å². The molecule has 0 fully saturated rings. The molecule has 0 aliphatic heterocycles. The fourth-order valence-electron chi connectivity index (χ4n) is 1.59. The third-order valence-electron chi connectivity index (χ3n) is 2.36. The molecule has 0 heterocycles. The van der Waals surface area contributed by atoms with Crippen molar-refractivity contribution in [3.05, 3.63) is 23.8 Å². The highest BCUT2D eigenvalue weighted by Crippen LogP contribution is 2.26. The van der Waals surface area contributed by atoms with Crippen LogP contribution < -0.4 is 15.8 Å². The molecule has 1 aromatic rings. The fraction of sp³-hybridized carbons (Fsp3) is 0.222. The summed E-state index contributed by atoms with van der Waals surface area (Å²) >= 11 is 0. The standard InChI is InChI=1S/C9H13N3O8S2/c10-7-2-1-6(3-4-20-22(17,18)19)8(5-7)12(9(11)13)21(14,15)16/h1-2,5H,3-4,10H2,(H2,11,13)(H,14,15,16)(H,17,18,19). The Morgan fingerprint density at radius 3 is 2.27 bits per heavy atom. The summed E-state index contributed by atoms with van der Waals surface area (Å²) in [5, 5.41) is 0.